The minimum absolute atomic E-state index is 0.241. The first-order valence-electron chi connectivity index (χ1n) is 5.63. The first-order chi connectivity index (χ1) is 8.11. The molecule has 1 rings (SSSR count). The summed E-state index contributed by atoms with van der Waals surface area (Å²) in [5, 5.41) is 3.01. The van der Waals surface area contributed by atoms with Crippen molar-refractivity contribution in [1.29, 1.82) is 0 Å². The van der Waals surface area contributed by atoms with E-state index in [1.165, 1.54) is 0 Å². The molecule has 0 aromatic heterocycles. The summed E-state index contributed by atoms with van der Waals surface area (Å²) in [6.07, 6.45) is 0. The molecule has 0 saturated heterocycles. The van der Waals surface area contributed by atoms with Crippen molar-refractivity contribution in [1.82, 2.24) is 5.32 Å². The Morgan fingerprint density at radius 3 is 2.47 bits per heavy atom. The van der Waals surface area contributed by atoms with Crippen LogP contribution in [0.3, 0.4) is 0 Å². The molecule has 0 saturated carbocycles. The van der Waals surface area contributed by atoms with E-state index in [1.54, 1.807) is 7.11 Å². The summed E-state index contributed by atoms with van der Waals surface area (Å²) in [4.78, 5) is 11.3. The fourth-order valence-corrected chi connectivity index (χ4v) is 1.22. The van der Waals surface area contributed by atoms with Gasteiger partial charge in [0.2, 0.25) is 0 Å². The van der Waals surface area contributed by atoms with Crippen LogP contribution >= 0.6 is 0 Å². The SMILES string of the molecule is COc1ccc(COC(=O)CNC(C)C)cc1. The average Bonchev–Trinajstić information content (AvgIpc) is 2.34. The number of hydrogen-bond acceptors (Lipinski definition) is 4. The first-order valence-corrected chi connectivity index (χ1v) is 5.63. The molecule has 1 aromatic carbocycles. The molecule has 94 valence electrons. The third-order valence-electron chi connectivity index (χ3n) is 2.21. The summed E-state index contributed by atoms with van der Waals surface area (Å²) in [5.74, 6) is 0.552. The van der Waals surface area contributed by atoms with Crippen molar-refractivity contribution in [3.8, 4) is 5.75 Å². The van der Waals surface area contributed by atoms with E-state index < -0.39 is 0 Å². The summed E-state index contributed by atoms with van der Waals surface area (Å²) in [5.41, 5.74) is 0.948. The zero-order valence-corrected chi connectivity index (χ0v) is 10.5. The van der Waals surface area contributed by atoms with Gasteiger partial charge in [-0.1, -0.05) is 26.0 Å². The van der Waals surface area contributed by atoms with Gasteiger partial charge >= 0.3 is 5.97 Å². The molecule has 0 atom stereocenters. The van der Waals surface area contributed by atoms with Crippen molar-refractivity contribution in [3.63, 3.8) is 0 Å². The molecule has 0 heterocycles. The number of esters is 1. The summed E-state index contributed by atoms with van der Waals surface area (Å²) in [6.45, 7) is 4.50. The van der Waals surface area contributed by atoms with Crippen LogP contribution in [-0.2, 0) is 16.1 Å². The topological polar surface area (TPSA) is 47.6 Å². The van der Waals surface area contributed by atoms with Gasteiger partial charge in [-0.3, -0.25) is 4.79 Å². The number of benzene rings is 1. The van der Waals surface area contributed by atoms with Crippen LogP contribution in [0.25, 0.3) is 0 Å². The molecule has 0 unspecified atom stereocenters. The number of hydrogen-bond donors (Lipinski definition) is 1. The van der Waals surface area contributed by atoms with Crippen molar-refractivity contribution in [2.24, 2.45) is 0 Å². The quantitative estimate of drug-likeness (QED) is 0.765. The lowest BCUT2D eigenvalue weighted by atomic mass is 10.2. The molecular weight excluding hydrogens is 218 g/mol. The third-order valence-corrected chi connectivity index (χ3v) is 2.21. The number of methoxy groups -OCH3 is 1. The van der Waals surface area contributed by atoms with Crippen molar-refractivity contribution in [2.75, 3.05) is 13.7 Å². The van der Waals surface area contributed by atoms with Gasteiger partial charge in [-0.2, -0.15) is 0 Å². The van der Waals surface area contributed by atoms with E-state index in [0.29, 0.717) is 6.61 Å². The average molecular weight is 237 g/mol. The van der Waals surface area contributed by atoms with E-state index in [4.69, 9.17) is 9.47 Å². The van der Waals surface area contributed by atoms with Gasteiger partial charge in [-0.15, -0.1) is 0 Å². The van der Waals surface area contributed by atoms with Crippen LogP contribution in [0.4, 0.5) is 0 Å². The molecule has 0 aliphatic carbocycles. The highest BCUT2D eigenvalue weighted by molar-refractivity contribution is 5.71. The van der Waals surface area contributed by atoms with E-state index in [9.17, 15) is 4.79 Å². The third kappa shape index (κ3) is 5.36. The molecule has 1 aromatic rings. The van der Waals surface area contributed by atoms with Crippen LogP contribution in [0.15, 0.2) is 24.3 Å². The Kier molecular flexibility index (Phi) is 5.49. The molecule has 0 aliphatic rings. The van der Waals surface area contributed by atoms with Crippen LogP contribution in [0.2, 0.25) is 0 Å². The Bertz CT molecular complexity index is 346. The number of ether oxygens (including phenoxy) is 2. The van der Waals surface area contributed by atoms with Gasteiger partial charge in [-0.25, -0.2) is 0 Å². The molecule has 0 spiro atoms. The van der Waals surface area contributed by atoms with Gasteiger partial charge in [0.1, 0.15) is 12.4 Å². The lowest BCUT2D eigenvalue weighted by Crippen LogP contribution is -2.30. The summed E-state index contributed by atoms with van der Waals surface area (Å²) in [7, 11) is 1.62. The predicted molar refractivity (Wildman–Crippen MR) is 65.9 cm³/mol. The van der Waals surface area contributed by atoms with Gasteiger partial charge in [0, 0.05) is 6.04 Å². The smallest absolute Gasteiger partial charge is 0.320 e. The van der Waals surface area contributed by atoms with Crippen LogP contribution < -0.4 is 10.1 Å². The second-order valence-corrected chi connectivity index (χ2v) is 4.04. The Morgan fingerprint density at radius 1 is 1.29 bits per heavy atom. The molecule has 4 nitrogen and oxygen atoms in total. The van der Waals surface area contributed by atoms with E-state index in [1.807, 2.05) is 38.1 Å². The standard InChI is InChI=1S/C13H19NO3/c1-10(2)14-8-13(15)17-9-11-4-6-12(16-3)7-5-11/h4-7,10,14H,8-9H2,1-3H3. The van der Waals surface area contributed by atoms with Crippen LogP contribution in [0, 0.1) is 0 Å². The predicted octanol–water partition coefficient (Wildman–Crippen LogP) is 1.74. The Balaban J connectivity index is 2.31. The van der Waals surface area contributed by atoms with Gasteiger partial charge in [0.25, 0.3) is 0 Å². The van der Waals surface area contributed by atoms with Crippen LogP contribution in [-0.4, -0.2) is 25.7 Å². The van der Waals surface area contributed by atoms with Crippen molar-refractivity contribution in [3.05, 3.63) is 29.8 Å². The van der Waals surface area contributed by atoms with Crippen molar-refractivity contribution < 1.29 is 14.3 Å². The van der Waals surface area contributed by atoms with E-state index in [-0.39, 0.29) is 18.6 Å². The van der Waals surface area contributed by atoms with Crippen molar-refractivity contribution in [2.45, 2.75) is 26.5 Å². The first kappa shape index (κ1) is 13.5. The van der Waals surface area contributed by atoms with Gasteiger partial charge in [0.15, 0.2) is 0 Å². The van der Waals surface area contributed by atoms with E-state index in [2.05, 4.69) is 5.32 Å². The van der Waals surface area contributed by atoms with Crippen LogP contribution in [0.1, 0.15) is 19.4 Å². The van der Waals surface area contributed by atoms with Gasteiger partial charge < -0.3 is 14.8 Å². The zero-order valence-electron chi connectivity index (χ0n) is 10.5. The minimum Gasteiger partial charge on any atom is -0.497 e. The Morgan fingerprint density at radius 2 is 1.94 bits per heavy atom. The summed E-state index contributed by atoms with van der Waals surface area (Å²) < 4.78 is 10.2. The lowest BCUT2D eigenvalue weighted by molar-refractivity contribution is -0.143. The fourth-order valence-electron chi connectivity index (χ4n) is 1.22. The minimum atomic E-state index is -0.241. The van der Waals surface area contributed by atoms with E-state index in [0.717, 1.165) is 11.3 Å². The Labute approximate surface area is 102 Å². The maximum atomic E-state index is 11.3. The molecule has 4 heteroatoms. The lowest BCUT2D eigenvalue weighted by Gasteiger charge is -2.08. The van der Waals surface area contributed by atoms with Gasteiger partial charge in [-0.05, 0) is 17.7 Å². The van der Waals surface area contributed by atoms with Gasteiger partial charge in [0.05, 0.1) is 13.7 Å². The highest BCUT2D eigenvalue weighted by atomic mass is 16.5. The number of rotatable bonds is 6. The maximum Gasteiger partial charge on any atom is 0.320 e. The number of nitrogens with one attached hydrogen (secondary N) is 1. The largest absolute Gasteiger partial charge is 0.497 e. The highest BCUT2D eigenvalue weighted by Gasteiger charge is 2.04. The van der Waals surface area contributed by atoms with Crippen molar-refractivity contribution >= 4 is 5.97 Å². The fraction of sp³-hybridized carbons (Fsp3) is 0.462. The molecule has 17 heavy (non-hydrogen) atoms. The normalized spacial score (nSPS) is 10.4. The second kappa shape index (κ2) is 6.91. The Hall–Kier alpha value is -1.55. The number of carbonyl (C=O) groups excluding carboxylic acids is 1. The molecule has 0 radical (unpaired) electrons. The number of carbonyl (C=O) groups is 1. The second-order valence-electron chi connectivity index (χ2n) is 4.04. The molecular formula is C13H19NO3. The summed E-state index contributed by atoms with van der Waals surface area (Å²) >= 11 is 0. The maximum absolute atomic E-state index is 11.3. The van der Waals surface area contributed by atoms with E-state index >= 15 is 0 Å². The zero-order chi connectivity index (χ0) is 12.7. The monoisotopic (exact) mass is 237 g/mol. The molecule has 0 fully saturated rings. The molecule has 0 bridgehead atoms. The highest BCUT2D eigenvalue weighted by Crippen LogP contribution is 2.11. The molecule has 0 amide bonds. The summed E-state index contributed by atoms with van der Waals surface area (Å²) in [6, 6.07) is 7.72. The molecule has 0 aliphatic heterocycles. The molecule has 1 N–H and O–H groups in total. The van der Waals surface area contributed by atoms with Crippen LogP contribution in [0.5, 0.6) is 5.75 Å².